The molecule has 7 nitrogen and oxygen atoms in total. The third kappa shape index (κ3) is 6.92. The van der Waals surface area contributed by atoms with Crippen molar-refractivity contribution in [1.29, 1.82) is 5.26 Å². The quantitative estimate of drug-likeness (QED) is 0.187. The number of benzene rings is 2. The second-order valence-electron chi connectivity index (χ2n) is 7.39. The topological polar surface area (TPSA) is 95.3 Å². The van der Waals surface area contributed by atoms with Crippen molar-refractivity contribution in [3.05, 3.63) is 77.2 Å². The Labute approximate surface area is 211 Å². The molecule has 3 rings (SSSR count). The maximum Gasteiger partial charge on any atom is 0.193 e. The van der Waals surface area contributed by atoms with Gasteiger partial charge < -0.3 is 16.0 Å². The number of halogens is 2. The van der Waals surface area contributed by atoms with Crippen LogP contribution in [0.25, 0.3) is 5.69 Å². The van der Waals surface area contributed by atoms with Crippen LogP contribution in [0.5, 0.6) is 0 Å². The summed E-state index contributed by atoms with van der Waals surface area (Å²) in [5, 5.41) is 17.4. The average molecular weight is 561 g/mol. The normalized spacial score (nSPS) is 10.9. The second kappa shape index (κ2) is 12.8. The van der Waals surface area contributed by atoms with Crippen LogP contribution >= 0.6 is 24.0 Å². The van der Waals surface area contributed by atoms with Crippen molar-refractivity contribution < 1.29 is 4.39 Å². The Morgan fingerprint density at radius 1 is 1.21 bits per heavy atom. The third-order valence-corrected chi connectivity index (χ3v) is 4.97. The molecule has 0 saturated carbocycles. The Morgan fingerprint density at radius 2 is 1.91 bits per heavy atom. The van der Waals surface area contributed by atoms with Gasteiger partial charge in [0.05, 0.1) is 11.4 Å². The highest BCUT2D eigenvalue weighted by atomic mass is 127. The summed E-state index contributed by atoms with van der Waals surface area (Å²) in [5.41, 5.74) is 9.08. The Hall–Kier alpha value is -3.13. The lowest BCUT2D eigenvalue weighted by atomic mass is 10.1. The van der Waals surface area contributed by atoms with Crippen molar-refractivity contribution in [3.63, 3.8) is 0 Å². The van der Waals surface area contributed by atoms with Crippen molar-refractivity contribution in [2.75, 3.05) is 25.9 Å². The summed E-state index contributed by atoms with van der Waals surface area (Å²) in [6.07, 6.45) is 1.32. The molecule has 3 aromatic rings. The number of aryl methyl sites for hydroxylation is 1. The molecular formula is C24H29FIN7. The Kier molecular flexibility index (Phi) is 10.1. The third-order valence-electron chi connectivity index (χ3n) is 4.97. The van der Waals surface area contributed by atoms with Crippen LogP contribution < -0.4 is 11.1 Å². The number of para-hydroxylation sites is 1. The van der Waals surface area contributed by atoms with E-state index in [2.05, 4.69) is 16.5 Å². The summed E-state index contributed by atoms with van der Waals surface area (Å²) >= 11 is 0. The summed E-state index contributed by atoms with van der Waals surface area (Å²) in [5.74, 6) is 0.875. The molecule has 0 bridgehead atoms. The van der Waals surface area contributed by atoms with Crippen LogP contribution in [-0.2, 0) is 13.0 Å². The fraction of sp³-hybridized carbons (Fsp3) is 0.292. The van der Waals surface area contributed by atoms with Gasteiger partial charge in [0.25, 0.3) is 0 Å². The van der Waals surface area contributed by atoms with Gasteiger partial charge in [-0.15, -0.1) is 24.0 Å². The highest BCUT2D eigenvalue weighted by Crippen LogP contribution is 2.21. The Morgan fingerprint density at radius 3 is 2.55 bits per heavy atom. The van der Waals surface area contributed by atoms with Crippen LogP contribution in [0, 0.1) is 17.1 Å². The van der Waals surface area contributed by atoms with E-state index >= 15 is 0 Å². The van der Waals surface area contributed by atoms with Crippen molar-refractivity contribution in [2.24, 2.45) is 4.99 Å². The number of nitrogens with zero attached hydrogens (tertiary/aromatic N) is 5. The molecule has 0 radical (unpaired) electrons. The lowest BCUT2D eigenvalue weighted by Crippen LogP contribution is -2.38. The van der Waals surface area contributed by atoms with Gasteiger partial charge in [-0.2, -0.15) is 10.4 Å². The number of nitrogens with one attached hydrogen (secondary N) is 1. The van der Waals surface area contributed by atoms with E-state index in [4.69, 9.17) is 10.7 Å². The van der Waals surface area contributed by atoms with Crippen LogP contribution in [0.1, 0.15) is 30.2 Å². The van der Waals surface area contributed by atoms with Gasteiger partial charge >= 0.3 is 0 Å². The maximum absolute atomic E-state index is 13.1. The molecular weight excluding hydrogens is 532 g/mol. The van der Waals surface area contributed by atoms with Crippen LogP contribution in [-0.4, -0.2) is 40.8 Å². The molecule has 0 amide bonds. The van der Waals surface area contributed by atoms with Crippen LogP contribution in [0.4, 0.5) is 10.2 Å². The van der Waals surface area contributed by atoms with E-state index in [1.54, 1.807) is 16.8 Å². The molecule has 174 valence electrons. The smallest absolute Gasteiger partial charge is 0.193 e. The van der Waals surface area contributed by atoms with E-state index in [0.717, 1.165) is 30.2 Å². The zero-order valence-electron chi connectivity index (χ0n) is 18.8. The number of hydrogen-bond acceptors (Lipinski definition) is 4. The first kappa shape index (κ1) is 26.1. The van der Waals surface area contributed by atoms with Crippen molar-refractivity contribution in [1.82, 2.24) is 20.0 Å². The lowest BCUT2D eigenvalue weighted by molar-refractivity contribution is 0.476. The number of aromatic nitrogens is 2. The van der Waals surface area contributed by atoms with E-state index in [-0.39, 0.29) is 29.8 Å². The number of nitriles is 1. The summed E-state index contributed by atoms with van der Waals surface area (Å²) in [6.45, 7) is 3.93. The first-order chi connectivity index (χ1) is 15.5. The summed E-state index contributed by atoms with van der Waals surface area (Å²) in [7, 11) is 1.95. The molecule has 0 saturated heterocycles. The molecule has 0 aliphatic carbocycles. The van der Waals surface area contributed by atoms with Gasteiger partial charge in [-0.25, -0.2) is 9.07 Å². The van der Waals surface area contributed by atoms with Crippen LogP contribution in [0.2, 0.25) is 0 Å². The predicted molar refractivity (Wildman–Crippen MR) is 140 cm³/mol. The number of aliphatic imine (C=N–C) groups is 1. The number of nitrogens with two attached hydrogens (primary N) is 1. The number of nitrogen functional groups attached to an aromatic ring is 1. The highest BCUT2D eigenvalue weighted by Gasteiger charge is 2.16. The monoisotopic (exact) mass is 561 g/mol. The Bertz CT molecular complexity index is 1090. The fourth-order valence-electron chi connectivity index (χ4n) is 3.38. The number of hydrogen-bond donors (Lipinski definition) is 2. The highest BCUT2D eigenvalue weighted by molar-refractivity contribution is 14.0. The second-order valence-corrected chi connectivity index (χ2v) is 7.39. The van der Waals surface area contributed by atoms with Gasteiger partial charge in [0.15, 0.2) is 5.96 Å². The summed E-state index contributed by atoms with van der Waals surface area (Å²) < 4.78 is 14.8. The predicted octanol–water partition coefficient (Wildman–Crippen LogP) is 4.11. The molecule has 0 aliphatic heterocycles. The van der Waals surface area contributed by atoms with Gasteiger partial charge in [0, 0.05) is 26.7 Å². The minimum absolute atomic E-state index is 0. The molecule has 33 heavy (non-hydrogen) atoms. The van der Waals surface area contributed by atoms with E-state index < -0.39 is 0 Å². The number of rotatable bonds is 8. The van der Waals surface area contributed by atoms with Gasteiger partial charge in [-0.3, -0.25) is 4.99 Å². The molecule has 0 aliphatic rings. The van der Waals surface area contributed by atoms with E-state index in [1.807, 2.05) is 49.2 Å². The molecule has 0 unspecified atom stereocenters. The SMILES string of the molecule is CCNC(=NCCCc1nn(-c2ccccc2)c(N)c1C#N)N(C)Cc1ccc(F)cc1.I. The molecule has 0 atom stereocenters. The summed E-state index contributed by atoms with van der Waals surface area (Å²) in [4.78, 5) is 6.69. The summed E-state index contributed by atoms with van der Waals surface area (Å²) in [6, 6.07) is 18.2. The Balaban J connectivity index is 0.00000385. The fourth-order valence-corrected chi connectivity index (χ4v) is 3.38. The molecule has 0 fully saturated rings. The van der Waals surface area contributed by atoms with E-state index in [1.165, 1.54) is 12.1 Å². The largest absolute Gasteiger partial charge is 0.382 e. The van der Waals surface area contributed by atoms with Gasteiger partial charge in [0.2, 0.25) is 0 Å². The molecule has 1 heterocycles. The van der Waals surface area contributed by atoms with Gasteiger partial charge in [-0.05, 0) is 49.6 Å². The van der Waals surface area contributed by atoms with Crippen LogP contribution in [0.15, 0.2) is 59.6 Å². The molecule has 1 aromatic heterocycles. The minimum Gasteiger partial charge on any atom is -0.382 e. The van der Waals surface area contributed by atoms with Gasteiger partial charge in [0.1, 0.15) is 23.3 Å². The van der Waals surface area contributed by atoms with E-state index in [0.29, 0.717) is 36.6 Å². The zero-order valence-corrected chi connectivity index (χ0v) is 21.2. The molecule has 3 N–H and O–H groups in total. The maximum atomic E-state index is 13.1. The average Bonchev–Trinajstić information content (AvgIpc) is 3.13. The standard InChI is InChI=1S/C24H28FN7.HI/c1-3-28-24(31(2)17-18-11-13-19(25)14-12-18)29-15-7-10-22-21(16-26)23(27)32(30-22)20-8-5-4-6-9-20;/h4-6,8-9,11-14H,3,7,10,15,17,27H2,1-2H3,(H,28,29);1H. The van der Waals surface area contributed by atoms with Crippen molar-refractivity contribution >= 4 is 35.8 Å². The number of anilines is 1. The van der Waals surface area contributed by atoms with Crippen LogP contribution in [0.3, 0.4) is 0 Å². The van der Waals surface area contributed by atoms with E-state index in [9.17, 15) is 9.65 Å². The molecule has 0 spiro atoms. The van der Waals surface area contributed by atoms with Gasteiger partial charge in [-0.1, -0.05) is 30.3 Å². The number of guanidine groups is 1. The van der Waals surface area contributed by atoms with Crippen molar-refractivity contribution in [3.8, 4) is 11.8 Å². The molecule has 9 heteroatoms. The zero-order chi connectivity index (χ0) is 22.9. The molecule has 2 aromatic carbocycles. The van der Waals surface area contributed by atoms with Crippen molar-refractivity contribution in [2.45, 2.75) is 26.3 Å². The lowest BCUT2D eigenvalue weighted by Gasteiger charge is -2.22. The minimum atomic E-state index is -0.246. The first-order valence-electron chi connectivity index (χ1n) is 10.6. The first-order valence-corrected chi connectivity index (χ1v) is 10.6.